The standard InChI is InChI=1S/C9H22N3P/c1-5-10-13(12(3)4)9(2)7-6-8-11-13/h9,11H,5-8H2,1-4H3. The second kappa shape index (κ2) is 4.59. The van der Waals surface area contributed by atoms with Crippen LogP contribution in [0.25, 0.3) is 0 Å². The minimum atomic E-state index is -1.34. The summed E-state index contributed by atoms with van der Waals surface area (Å²) in [6.07, 6.45) is 2.62. The van der Waals surface area contributed by atoms with Gasteiger partial charge >= 0.3 is 0 Å². The number of nitrogens with zero attached hydrogens (tertiary/aromatic N) is 2. The highest BCUT2D eigenvalue weighted by Gasteiger charge is 2.31. The third-order valence-corrected chi connectivity index (χ3v) is 6.83. The van der Waals surface area contributed by atoms with E-state index in [0.29, 0.717) is 0 Å². The Labute approximate surface area is 82.1 Å². The van der Waals surface area contributed by atoms with E-state index in [-0.39, 0.29) is 0 Å². The fourth-order valence-electron chi connectivity index (χ4n) is 2.04. The van der Waals surface area contributed by atoms with Crippen molar-refractivity contribution in [2.24, 2.45) is 4.74 Å². The minimum Gasteiger partial charge on any atom is -0.274 e. The van der Waals surface area contributed by atoms with Gasteiger partial charge in [-0.15, -0.1) is 0 Å². The van der Waals surface area contributed by atoms with Crippen LogP contribution in [0, 0.1) is 0 Å². The average molecular weight is 203 g/mol. The topological polar surface area (TPSA) is 27.6 Å². The van der Waals surface area contributed by atoms with E-state index in [9.17, 15) is 0 Å². The Balaban J connectivity index is 2.93. The van der Waals surface area contributed by atoms with Crippen molar-refractivity contribution in [1.82, 2.24) is 9.76 Å². The lowest BCUT2D eigenvalue weighted by atomic mass is 10.2. The molecule has 1 aliphatic rings. The molecular weight excluding hydrogens is 181 g/mol. The van der Waals surface area contributed by atoms with E-state index in [1.165, 1.54) is 12.8 Å². The van der Waals surface area contributed by atoms with Gasteiger partial charge in [-0.05, 0) is 33.9 Å². The van der Waals surface area contributed by atoms with Crippen LogP contribution in [0.2, 0.25) is 0 Å². The maximum atomic E-state index is 4.82. The summed E-state index contributed by atoms with van der Waals surface area (Å²) in [5.74, 6) is 0. The van der Waals surface area contributed by atoms with Gasteiger partial charge in [0.15, 0.2) is 0 Å². The summed E-state index contributed by atoms with van der Waals surface area (Å²) in [7, 11) is 2.96. The van der Waals surface area contributed by atoms with Gasteiger partial charge in [0.1, 0.15) is 0 Å². The molecule has 1 heterocycles. The zero-order valence-corrected chi connectivity index (χ0v) is 10.1. The number of nitrogens with one attached hydrogen (secondary N) is 1. The molecule has 0 aromatic heterocycles. The van der Waals surface area contributed by atoms with Gasteiger partial charge in [0.2, 0.25) is 0 Å². The Kier molecular flexibility index (Phi) is 3.96. The first-order chi connectivity index (χ1) is 6.13. The van der Waals surface area contributed by atoms with Crippen LogP contribution in [0.15, 0.2) is 4.74 Å². The molecule has 4 heteroatoms. The molecule has 0 aliphatic carbocycles. The van der Waals surface area contributed by atoms with Crippen molar-refractivity contribution in [3.8, 4) is 0 Å². The van der Waals surface area contributed by atoms with Crippen molar-refractivity contribution in [2.45, 2.75) is 32.3 Å². The summed E-state index contributed by atoms with van der Waals surface area (Å²) < 4.78 is 7.14. The van der Waals surface area contributed by atoms with Crippen LogP contribution in [-0.2, 0) is 0 Å². The van der Waals surface area contributed by atoms with E-state index in [1.807, 2.05) is 0 Å². The Hall–Kier alpha value is 0.150. The van der Waals surface area contributed by atoms with Crippen molar-refractivity contribution in [3.63, 3.8) is 0 Å². The Morgan fingerprint density at radius 2 is 2.23 bits per heavy atom. The summed E-state index contributed by atoms with van der Waals surface area (Å²) in [5, 5.41) is 3.65. The normalized spacial score (nSPS) is 35.0. The van der Waals surface area contributed by atoms with E-state index in [0.717, 1.165) is 18.7 Å². The molecule has 1 rings (SSSR count). The molecule has 1 fully saturated rings. The molecule has 3 nitrogen and oxygen atoms in total. The molecule has 13 heavy (non-hydrogen) atoms. The molecule has 2 atom stereocenters. The molecule has 78 valence electrons. The summed E-state index contributed by atoms with van der Waals surface area (Å²) in [4.78, 5) is 0. The molecule has 0 spiro atoms. The number of hydrogen-bond donors (Lipinski definition) is 1. The lowest BCUT2D eigenvalue weighted by Crippen LogP contribution is -2.33. The van der Waals surface area contributed by atoms with Gasteiger partial charge in [-0.2, -0.15) is 0 Å². The minimum absolute atomic E-state index is 0.719. The summed E-state index contributed by atoms with van der Waals surface area (Å²) >= 11 is 0. The Morgan fingerprint density at radius 3 is 2.69 bits per heavy atom. The highest BCUT2D eigenvalue weighted by atomic mass is 31.2. The molecule has 0 saturated carbocycles. The van der Waals surface area contributed by atoms with Crippen molar-refractivity contribution in [2.75, 3.05) is 27.2 Å². The fourth-order valence-corrected chi connectivity index (χ4v) is 5.52. The van der Waals surface area contributed by atoms with Crippen molar-refractivity contribution in [1.29, 1.82) is 0 Å². The second-order valence-corrected chi connectivity index (χ2v) is 7.43. The monoisotopic (exact) mass is 203 g/mol. The first-order valence-corrected chi connectivity index (χ1v) is 6.90. The molecular formula is C9H22N3P. The van der Waals surface area contributed by atoms with E-state index < -0.39 is 7.36 Å². The smallest absolute Gasteiger partial charge is 0.0964 e. The fraction of sp³-hybridized carbons (Fsp3) is 1.00. The van der Waals surface area contributed by atoms with Crippen LogP contribution in [0.3, 0.4) is 0 Å². The maximum Gasteiger partial charge on any atom is 0.0964 e. The van der Waals surface area contributed by atoms with Gasteiger partial charge < -0.3 is 0 Å². The number of hydrogen-bond acceptors (Lipinski definition) is 1. The average Bonchev–Trinajstić information content (AvgIpc) is 2.09. The largest absolute Gasteiger partial charge is 0.274 e. The van der Waals surface area contributed by atoms with Gasteiger partial charge in [0.25, 0.3) is 0 Å². The van der Waals surface area contributed by atoms with Crippen LogP contribution in [0.4, 0.5) is 0 Å². The third-order valence-electron chi connectivity index (χ3n) is 2.72. The van der Waals surface area contributed by atoms with E-state index >= 15 is 0 Å². The van der Waals surface area contributed by atoms with E-state index in [2.05, 4.69) is 37.7 Å². The van der Waals surface area contributed by atoms with Gasteiger partial charge in [0, 0.05) is 18.7 Å². The quantitative estimate of drug-likeness (QED) is 0.698. The first-order valence-electron chi connectivity index (χ1n) is 5.14. The summed E-state index contributed by atoms with van der Waals surface area (Å²) in [5.41, 5.74) is 0.719. The molecule has 0 amide bonds. The predicted molar refractivity (Wildman–Crippen MR) is 60.3 cm³/mol. The molecule has 1 N–H and O–H groups in total. The highest BCUT2D eigenvalue weighted by molar-refractivity contribution is 7.62. The van der Waals surface area contributed by atoms with Gasteiger partial charge in [-0.3, -0.25) is 14.5 Å². The van der Waals surface area contributed by atoms with Crippen molar-refractivity contribution in [3.05, 3.63) is 0 Å². The van der Waals surface area contributed by atoms with E-state index in [4.69, 9.17) is 4.74 Å². The molecule has 1 aliphatic heterocycles. The second-order valence-electron chi connectivity index (χ2n) is 3.85. The van der Waals surface area contributed by atoms with Gasteiger partial charge in [-0.25, -0.2) is 0 Å². The van der Waals surface area contributed by atoms with E-state index in [1.54, 1.807) is 0 Å². The number of rotatable bonds is 2. The maximum absolute atomic E-state index is 4.82. The zero-order chi connectivity index (χ0) is 9.90. The first kappa shape index (κ1) is 11.2. The SMILES string of the molecule is CCN=P1(N(C)C)NCCCC1C. The van der Waals surface area contributed by atoms with Crippen molar-refractivity contribution < 1.29 is 0 Å². The van der Waals surface area contributed by atoms with Crippen molar-refractivity contribution >= 4 is 7.36 Å². The predicted octanol–water partition coefficient (Wildman–Crippen LogP) is 2.37. The van der Waals surface area contributed by atoms with Crippen LogP contribution in [-0.4, -0.2) is 37.5 Å². The lowest BCUT2D eigenvalue weighted by molar-refractivity contribution is 0.570. The van der Waals surface area contributed by atoms with Gasteiger partial charge in [0.05, 0.1) is 7.36 Å². The Morgan fingerprint density at radius 1 is 1.54 bits per heavy atom. The zero-order valence-electron chi connectivity index (χ0n) is 9.25. The van der Waals surface area contributed by atoms with Crippen LogP contribution in [0.1, 0.15) is 26.7 Å². The summed E-state index contributed by atoms with van der Waals surface area (Å²) in [6, 6.07) is 0. The molecule has 1 saturated heterocycles. The van der Waals surface area contributed by atoms with Crippen LogP contribution < -0.4 is 5.09 Å². The van der Waals surface area contributed by atoms with Crippen LogP contribution in [0.5, 0.6) is 0 Å². The highest BCUT2D eigenvalue weighted by Crippen LogP contribution is 2.55. The molecule has 2 unspecified atom stereocenters. The summed E-state index contributed by atoms with van der Waals surface area (Å²) in [6.45, 7) is 6.54. The third kappa shape index (κ3) is 2.15. The molecule has 0 aromatic rings. The molecule has 0 bridgehead atoms. The van der Waals surface area contributed by atoms with Gasteiger partial charge in [-0.1, -0.05) is 6.92 Å². The molecule has 0 aromatic carbocycles. The lowest BCUT2D eigenvalue weighted by Gasteiger charge is -2.40. The molecule has 0 radical (unpaired) electrons. The van der Waals surface area contributed by atoms with Crippen LogP contribution >= 0.6 is 7.36 Å². The Bertz CT molecular complexity index is 213.